The molecule has 2 atom stereocenters. The number of piperidine rings is 1. The molecule has 2 saturated heterocycles. The van der Waals surface area contributed by atoms with Gasteiger partial charge in [0.2, 0.25) is 0 Å². The molecule has 4 aromatic rings. The number of imidazole rings is 1. The molecule has 4 heterocycles. The summed E-state index contributed by atoms with van der Waals surface area (Å²) in [7, 11) is 0. The predicted octanol–water partition coefficient (Wildman–Crippen LogP) is 7.41. The molecule has 1 N–H and O–H groups in total. The summed E-state index contributed by atoms with van der Waals surface area (Å²) in [4.78, 5) is 18.9. The summed E-state index contributed by atoms with van der Waals surface area (Å²) in [5.41, 5.74) is 4.16. The zero-order valence-electron chi connectivity index (χ0n) is 23.3. The van der Waals surface area contributed by atoms with Crippen molar-refractivity contribution >= 4 is 45.2 Å². The monoisotopic (exact) mass is 621 g/mol. The second kappa shape index (κ2) is 11.6. The van der Waals surface area contributed by atoms with E-state index in [2.05, 4.69) is 15.5 Å². The van der Waals surface area contributed by atoms with Crippen molar-refractivity contribution in [3.63, 3.8) is 0 Å². The molecule has 1 unspecified atom stereocenters. The lowest BCUT2D eigenvalue weighted by Gasteiger charge is -2.34. The molecule has 1 aromatic heterocycles. The van der Waals surface area contributed by atoms with E-state index in [0.29, 0.717) is 34.5 Å². The second-order valence-corrected chi connectivity index (χ2v) is 12.3. The first-order valence-electron chi connectivity index (χ1n) is 14.5. The smallest absolute Gasteiger partial charge is 0.335 e. The third-order valence-electron chi connectivity index (χ3n) is 8.76. The molecule has 10 heteroatoms. The van der Waals surface area contributed by atoms with Crippen LogP contribution in [0.2, 0.25) is 5.02 Å². The maximum Gasteiger partial charge on any atom is 0.335 e. The number of likely N-dealkylation sites (tertiary alicyclic amines) is 1. The lowest BCUT2D eigenvalue weighted by Crippen LogP contribution is -2.35. The third-order valence-corrected chi connectivity index (χ3v) is 9.33. The highest BCUT2D eigenvalue weighted by Crippen LogP contribution is 2.46. The Balaban J connectivity index is 1.10. The van der Waals surface area contributed by atoms with E-state index in [1.165, 1.54) is 6.07 Å². The molecule has 0 bridgehead atoms. The number of carbonyl (C=O) groups is 1. The van der Waals surface area contributed by atoms with Crippen molar-refractivity contribution in [2.75, 3.05) is 19.7 Å². The van der Waals surface area contributed by atoms with Crippen LogP contribution in [-0.4, -0.2) is 51.3 Å². The van der Waals surface area contributed by atoms with Crippen LogP contribution in [0.5, 0.6) is 5.75 Å². The van der Waals surface area contributed by atoms with Crippen LogP contribution in [0.4, 0.5) is 4.39 Å². The molecule has 3 aliphatic rings. The van der Waals surface area contributed by atoms with Crippen LogP contribution in [0, 0.1) is 5.82 Å². The lowest BCUT2D eigenvalue weighted by atomic mass is 9.87. The van der Waals surface area contributed by atoms with Gasteiger partial charge in [0.05, 0.1) is 40.8 Å². The number of hydrogen-bond acceptors (Lipinski definition) is 5. The minimum Gasteiger partial charge on any atom is -0.480 e. The molecule has 0 radical (unpaired) electrons. The van der Waals surface area contributed by atoms with Gasteiger partial charge in [-0.05, 0) is 86.3 Å². The van der Waals surface area contributed by atoms with Gasteiger partial charge in [-0.1, -0.05) is 41.4 Å². The standard InChI is InChI=1S/C33H30Cl2FN3O4/c34-21-5-6-25(27(36)15-21)30-16-26(35)24-3-1-2-23(32(24)43-30)19-8-11-38(12-9-19)18-31-37-28-7-4-20(33(40)41)14-29(28)39(31)17-22-10-13-42-22/h1-7,14-16,19,22,30H,8-13,17-18H2,(H,40,41)/t22-,30?/m0/s1. The number of hydrogen-bond donors (Lipinski definition) is 1. The molecule has 3 aliphatic heterocycles. The van der Waals surface area contributed by atoms with Gasteiger partial charge < -0.3 is 19.1 Å². The van der Waals surface area contributed by atoms with Crippen molar-refractivity contribution < 1.29 is 23.8 Å². The van der Waals surface area contributed by atoms with E-state index in [4.69, 9.17) is 37.7 Å². The van der Waals surface area contributed by atoms with Gasteiger partial charge >= 0.3 is 5.97 Å². The van der Waals surface area contributed by atoms with Crippen LogP contribution in [0.15, 0.2) is 60.7 Å². The maximum absolute atomic E-state index is 14.8. The molecular formula is C33H30Cl2FN3O4. The Labute approximate surface area is 258 Å². The molecule has 7 rings (SSSR count). The molecule has 3 aromatic carbocycles. The number of ether oxygens (including phenoxy) is 2. The van der Waals surface area contributed by atoms with Crippen LogP contribution in [0.3, 0.4) is 0 Å². The topological polar surface area (TPSA) is 76.8 Å². The van der Waals surface area contributed by atoms with Crippen LogP contribution >= 0.6 is 23.2 Å². The van der Waals surface area contributed by atoms with E-state index in [1.807, 2.05) is 12.1 Å². The summed E-state index contributed by atoms with van der Waals surface area (Å²) in [6, 6.07) is 15.7. The Kier molecular flexibility index (Phi) is 7.63. The van der Waals surface area contributed by atoms with E-state index in [0.717, 1.165) is 66.9 Å². The Morgan fingerprint density at radius 2 is 1.86 bits per heavy atom. The van der Waals surface area contributed by atoms with Gasteiger partial charge in [-0.3, -0.25) is 4.90 Å². The molecule has 43 heavy (non-hydrogen) atoms. The highest BCUT2D eigenvalue weighted by Gasteiger charge is 2.31. The van der Waals surface area contributed by atoms with Crippen molar-refractivity contribution in [3.05, 3.63) is 99.6 Å². The molecular weight excluding hydrogens is 592 g/mol. The summed E-state index contributed by atoms with van der Waals surface area (Å²) in [6.45, 7) is 3.78. The van der Waals surface area contributed by atoms with E-state index >= 15 is 0 Å². The SMILES string of the molecule is O=C(O)c1ccc2nc(CN3CCC(c4cccc5c4OC(c4ccc(Cl)cc4F)C=C5Cl)CC3)n(C[C@@H]3CCO3)c2c1. The van der Waals surface area contributed by atoms with E-state index in [9.17, 15) is 14.3 Å². The van der Waals surface area contributed by atoms with Gasteiger partial charge in [-0.15, -0.1) is 0 Å². The van der Waals surface area contributed by atoms with E-state index in [1.54, 1.807) is 36.4 Å². The Hall–Kier alpha value is -3.43. The van der Waals surface area contributed by atoms with E-state index in [-0.39, 0.29) is 17.6 Å². The molecule has 2 fully saturated rings. The number of carboxylic acids is 1. The number of carboxylic acid groups (broad SMARTS) is 1. The minimum absolute atomic E-state index is 0.116. The third kappa shape index (κ3) is 5.53. The number of fused-ring (bicyclic) bond motifs is 2. The van der Waals surface area contributed by atoms with Gasteiger partial charge in [-0.25, -0.2) is 14.2 Å². The largest absolute Gasteiger partial charge is 0.480 e. The Bertz CT molecular complexity index is 1740. The molecule has 0 aliphatic carbocycles. The molecule has 0 amide bonds. The van der Waals surface area contributed by atoms with Gasteiger partial charge in [0.25, 0.3) is 0 Å². The fourth-order valence-corrected chi connectivity index (χ4v) is 6.75. The summed E-state index contributed by atoms with van der Waals surface area (Å²) >= 11 is 12.7. The predicted molar refractivity (Wildman–Crippen MR) is 163 cm³/mol. The first kappa shape index (κ1) is 28.3. The normalized spacial score (nSPS) is 20.8. The second-order valence-electron chi connectivity index (χ2n) is 11.4. The maximum atomic E-state index is 14.8. The highest BCUT2D eigenvalue weighted by atomic mass is 35.5. The van der Waals surface area contributed by atoms with Gasteiger partial charge in [0.1, 0.15) is 23.5 Å². The zero-order valence-corrected chi connectivity index (χ0v) is 24.8. The average molecular weight is 623 g/mol. The van der Waals surface area contributed by atoms with Crippen molar-refractivity contribution in [1.82, 2.24) is 14.5 Å². The Morgan fingerprint density at radius 3 is 2.58 bits per heavy atom. The van der Waals surface area contributed by atoms with Crippen LogP contribution < -0.4 is 4.74 Å². The van der Waals surface area contributed by atoms with Gasteiger partial charge in [0, 0.05) is 22.8 Å². The number of nitrogens with zero attached hydrogens (tertiary/aromatic N) is 3. The van der Waals surface area contributed by atoms with Gasteiger partial charge in [0.15, 0.2) is 0 Å². The summed E-state index contributed by atoms with van der Waals surface area (Å²) < 4.78 is 29.0. The number of halogens is 3. The van der Waals surface area contributed by atoms with E-state index < -0.39 is 17.9 Å². The lowest BCUT2D eigenvalue weighted by molar-refractivity contribution is -0.0592. The number of rotatable bonds is 7. The van der Waals surface area contributed by atoms with Crippen molar-refractivity contribution in [2.45, 2.75) is 50.5 Å². The van der Waals surface area contributed by atoms with Crippen molar-refractivity contribution in [3.8, 4) is 5.75 Å². The van der Waals surface area contributed by atoms with Gasteiger partial charge in [-0.2, -0.15) is 0 Å². The van der Waals surface area contributed by atoms with Crippen LogP contribution in [0.25, 0.3) is 16.1 Å². The van der Waals surface area contributed by atoms with Crippen molar-refractivity contribution in [2.24, 2.45) is 0 Å². The summed E-state index contributed by atoms with van der Waals surface area (Å²) in [5.74, 6) is 0.499. The Morgan fingerprint density at radius 1 is 1.05 bits per heavy atom. The highest BCUT2D eigenvalue weighted by molar-refractivity contribution is 6.49. The average Bonchev–Trinajstić information content (AvgIpc) is 3.31. The number of benzene rings is 3. The fourth-order valence-electron chi connectivity index (χ4n) is 6.33. The van der Waals surface area contributed by atoms with Crippen LogP contribution in [0.1, 0.15) is 64.2 Å². The zero-order chi connectivity index (χ0) is 29.7. The number of para-hydroxylation sites is 1. The summed E-state index contributed by atoms with van der Waals surface area (Å²) in [6.07, 6.45) is 4.02. The number of aromatic carboxylic acids is 1. The fraction of sp³-hybridized carbons (Fsp3) is 0.333. The first-order chi connectivity index (χ1) is 20.8. The number of aromatic nitrogens is 2. The molecule has 222 valence electrons. The first-order valence-corrected chi connectivity index (χ1v) is 15.3. The van der Waals surface area contributed by atoms with Crippen LogP contribution in [-0.2, 0) is 17.8 Å². The molecule has 0 saturated carbocycles. The summed E-state index contributed by atoms with van der Waals surface area (Å²) in [5, 5.41) is 10.4. The minimum atomic E-state index is -0.952. The molecule has 7 nitrogen and oxygen atoms in total. The quantitative estimate of drug-likeness (QED) is 0.231. The molecule has 0 spiro atoms. The van der Waals surface area contributed by atoms with Crippen molar-refractivity contribution in [1.29, 1.82) is 0 Å².